The minimum atomic E-state index is 0.516. The third-order valence-electron chi connectivity index (χ3n) is 0.634. The summed E-state index contributed by atoms with van der Waals surface area (Å²) < 4.78 is 0. The molecule has 0 aliphatic rings. The molecule has 7 heavy (non-hydrogen) atoms. The molecule has 0 bridgehead atoms. The molecule has 0 rings (SSSR count). The van der Waals surface area contributed by atoms with Crippen LogP contribution in [0.2, 0.25) is 0 Å². The summed E-state index contributed by atoms with van der Waals surface area (Å²) in [7, 11) is 0. The lowest BCUT2D eigenvalue weighted by atomic mass is 10.3. The maximum Gasteiger partial charge on any atom is 0.0765 e. The maximum atomic E-state index is 5.15. The molecule has 1 radical (unpaired) electrons. The normalized spacial score (nSPS) is 8.71. The predicted octanol–water partition coefficient (Wildman–Crippen LogP) is 1.28. The highest BCUT2D eigenvalue weighted by atomic mass is 32.1. The lowest BCUT2D eigenvalue weighted by Gasteiger charge is -1.89. The van der Waals surface area contributed by atoms with Gasteiger partial charge in [0.25, 0.3) is 0 Å². The van der Waals surface area contributed by atoms with Crippen molar-refractivity contribution >= 4 is 17.2 Å². The van der Waals surface area contributed by atoms with Gasteiger partial charge in [-0.05, 0) is 6.42 Å². The monoisotopic (exact) mass is 116 g/mol. The van der Waals surface area contributed by atoms with Gasteiger partial charge in [-0.25, -0.2) is 0 Å². The number of unbranched alkanes of at least 4 members (excludes halogenated alkanes) is 1. The van der Waals surface area contributed by atoms with Crippen LogP contribution in [0.4, 0.5) is 0 Å². The van der Waals surface area contributed by atoms with Crippen LogP contribution < -0.4 is 5.73 Å². The van der Waals surface area contributed by atoms with E-state index >= 15 is 0 Å². The van der Waals surface area contributed by atoms with Crippen molar-refractivity contribution < 1.29 is 0 Å². The first kappa shape index (κ1) is 6.89. The molecule has 0 fully saturated rings. The van der Waals surface area contributed by atoms with Gasteiger partial charge in [-0.15, -0.1) is 0 Å². The van der Waals surface area contributed by atoms with Gasteiger partial charge in [0.05, 0.1) is 4.99 Å². The number of nitrogens with two attached hydrogens (primary N) is 1. The summed E-state index contributed by atoms with van der Waals surface area (Å²) in [4.78, 5) is 0.516. The van der Waals surface area contributed by atoms with Gasteiger partial charge in [0.1, 0.15) is 0 Å². The van der Waals surface area contributed by atoms with Crippen LogP contribution in [0.5, 0.6) is 0 Å². The van der Waals surface area contributed by atoms with Crippen LogP contribution in [0.3, 0.4) is 0 Å². The van der Waals surface area contributed by atoms with Crippen molar-refractivity contribution in [2.24, 2.45) is 5.73 Å². The summed E-state index contributed by atoms with van der Waals surface area (Å²) in [6, 6.07) is 0. The quantitative estimate of drug-likeness (QED) is 0.562. The van der Waals surface area contributed by atoms with Gasteiger partial charge < -0.3 is 5.73 Å². The van der Waals surface area contributed by atoms with E-state index in [1.165, 1.54) is 0 Å². The van der Waals surface area contributed by atoms with E-state index in [1.54, 1.807) is 0 Å². The molecular formula is C5H10NS. The van der Waals surface area contributed by atoms with E-state index in [1.807, 2.05) is 6.42 Å². The smallest absolute Gasteiger partial charge is 0.0765 e. The first-order valence-electron chi connectivity index (χ1n) is 2.40. The van der Waals surface area contributed by atoms with E-state index in [0.717, 1.165) is 12.8 Å². The molecular weight excluding hydrogens is 106 g/mol. The van der Waals surface area contributed by atoms with E-state index in [9.17, 15) is 0 Å². The van der Waals surface area contributed by atoms with Crippen molar-refractivity contribution in [1.82, 2.24) is 0 Å². The molecule has 0 aliphatic carbocycles. The largest absolute Gasteiger partial charge is 0.393 e. The summed E-state index contributed by atoms with van der Waals surface area (Å²) in [6.07, 6.45) is 3.99. The summed E-state index contributed by atoms with van der Waals surface area (Å²) in [6.45, 7) is 2.09. The SMILES string of the molecule is CCC[CH]C(N)=S. The van der Waals surface area contributed by atoms with E-state index in [4.69, 9.17) is 5.73 Å². The Morgan fingerprint density at radius 3 is 2.57 bits per heavy atom. The third-order valence-corrected chi connectivity index (χ3v) is 0.801. The standard InChI is InChI=1S/C5H10NS/c1-2-3-4-5(6)7/h4H,2-3H2,1H3,(H2,6,7). The molecule has 0 saturated carbocycles. The molecule has 0 spiro atoms. The summed E-state index contributed by atoms with van der Waals surface area (Å²) >= 11 is 4.58. The zero-order valence-corrected chi connectivity index (χ0v) is 5.29. The molecule has 0 amide bonds. The van der Waals surface area contributed by atoms with Crippen molar-refractivity contribution in [2.45, 2.75) is 19.8 Å². The first-order chi connectivity index (χ1) is 3.27. The van der Waals surface area contributed by atoms with Gasteiger partial charge in [0, 0.05) is 6.42 Å². The second-order valence-electron chi connectivity index (χ2n) is 1.40. The topological polar surface area (TPSA) is 26.0 Å². The van der Waals surface area contributed by atoms with Crippen molar-refractivity contribution in [3.05, 3.63) is 6.42 Å². The van der Waals surface area contributed by atoms with Gasteiger partial charge >= 0.3 is 0 Å². The van der Waals surface area contributed by atoms with Crippen LogP contribution in [-0.4, -0.2) is 4.99 Å². The highest BCUT2D eigenvalue weighted by molar-refractivity contribution is 7.80. The van der Waals surface area contributed by atoms with Crippen molar-refractivity contribution in [2.75, 3.05) is 0 Å². The second-order valence-corrected chi connectivity index (χ2v) is 1.87. The third kappa shape index (κ3) is 5.89. The van der Waals surface area contributed by atoms with Crippen LogP contribution in [0, 0.1) is 6.42 Å². The Bertz CT molecular complexity index is 61.1. The number of hydrogen-bond acceptors (Lipinski definition) is 1. The van der Waals surface area contributed by atoms with Crippen molar-refractivity contribution in [3.63, 3.8) is 0 Å². The molecule has 2 N–H and O–H groups in total. The van der Waals surface area contributed by atoms with Gasteiger partial charge in [0.2, 0.25) is 0 Å². The van der Waals surface area contributed by atoms with Crippen LogP contribution in [0.25, 0.3) is 0 Å². The van der Waals surface area contributed by atoms with E-state index in [2.05, 4.69) is 19.1 Å². The zero-order chi connectivity index (χ0) is 5.70. The second kappa shape index (κ2) is 4.06. The number of thiocarbonyl (C=S) groups is 1. The Morgan fingerprint density at radius 2 is 2.43 bits per heavy atom. The molecule has 2 heteroatoms. The lowest BCUT2D eigenvalue weighted by Crippen LogP contribution is -2.07. The Kier molecular flexibility index (Phi) is 4.00. The molecule has 0 saturated heterocycles. The van der Waals surface area contributed by atoms with E-state index in [0.29, 0.717) is 4.99 Å². The zero-order valence-electron chi connectivity index (χ0n) is 4.48. The first-order valence-corrected chi connectivity index (χ1v) is 2.81. The van der Waals surface area contributed by atoms with Crippen molar-refractivity contribution in [1.29, 1.82) is 0 Å². The predicted molar refractivity (Wildman–Crippen MR) is 36.0 cm³/mol. The average molecular weight is 116 g/mol. The Morgan fingerprint density at radius 1 is 1.86 bits per heavy atom. The fourth-order valence-electron chi connectivity index (χ4n) is 0.287. The minimum Gasteiger partial charge on any atom is -0.393 e. The molecule has 0 unspecified atom stereocenters. The molecule has 0 atom stereocenters. The summed E-state index contributed by atoms with van der Waals surface area (Å²) in [5, 5.41) is 0. The van der Waals surface area contributed by atoms with Gasteiger partial charge in [0.15, 0.2) is 0 Å². The molecule has 0 aliphatic heterocycles. The van der Waals surface area contributed by atoms with Crippen LogP contribution in [0.1, 0.15) is 19.8 Å². The van der Waals surface area contributed by atoms with Crippen LogP contribution >= 0.6 is 12.2 Å². The van der Waals surface area contributed by atoms with E-state index in [-0.39, 0.29) is 0 Å². The Labute approximate surface area is 49.9 Å². The molecule has 0 aromatic rings. The molecule has 0 aromatic heterocycles. The summed E-state index contributed by atoms with van der Waals surface area (Å²) in [5.74, 6) is 0. The van der Waals surface area contributed by atoms with Crippen molar-refractivity contribution in [3.8, 4) is 0 Å². The Balaban J connectivity index is 2.82. The number of rotatable bonds is 3. The molecule has 1 nitrogen and oxygen atoms in total. The number of hydrogen-bond donors (Lipinski definition) is 1. The van der Waals surface area contributed by atoms with Crippen LogP contribution in [-0.2, 0) is 0 Å². The van der Waals surface area contributed by atoms with Gasteiger partial charge in [-0.3, -0.25) is 0 Å². The van der Waals surface area contributed by atoms with Gasteiger partial charge in [-0.1, -0.05) is 25.6 Å². The Hall–Kier alpha value is -0.110. The molecule has 0 aromatic carbocycles. The fraction of sp³-hybridized carbons (Fsp3) is 0.600. The summed E-state index contributed by atoms with van der Waals surface area (Å²) in [5.41, 5.74) is 5.15. The lowest BCUT2D eigenvalue weighted by molar-refractivity contribution is 0.933. The van der Waals surface area contributed by atoms with E-state index < -0.39 is 0 Å². The fourth-order valence-corrected chi connectivity index (χ4v) is 0.404. The van der Waals surface area contributed by atoms with Crippen LogP contribution in [0.15, 0.2) is 0 Å². The molecule has 0 heterocycles. The minimum absolute atomic E-state index is 0.516. The maximum absolute atomic E-state index is 5.15. The highest BCUT2D eigenvalue weighted by Crippen LogP contribution is 1.90. The highest BCUT2D eigenvalue weighted by Gasteiger charge is 1.84. The van der Waals surface area contributed by atoms with Gasteiger partial charge in [-0.2, -0.15) is 0 Å². The molecule has 41 valence electrons. The average Bonchev–Trinajstić information content (AvgIpc) is 1.61.